The molecule has 2 aromatic rings. The second-order valence-corrected chi connectivity index (χ2v) is 6.36. The number of hydrogen-bond donors (Lipinski definition) is 2. The molecule has 0 spiro atoms. The van der Waals surface area contributed by atoms with Gasteiger partial charge in [-0.25, -0.2) is 13.1 Å². The van der Waals surface area contributed by atoms with Crippen LogP contribution in [-0.2, 0) is 21.4 Å². The van der Waals surface area contributed by atoms with Crippen molar-refractivity contribution in [3.63, 3.8) is 0 Å². The summed E-state index contributed by atoms with van der Waals surface area (Å²) in [6.07, 6.45) is 1.53. The van der Waals surface area contributed by atoms with Gasteiger partial charge in [0.25, 0.3) is 0 Å². The highest BCUT2D eigenvalue weighted by Gasteiger charge is 2.23. The fourth-order valence-electron chi connectivity index (χ4n) is 1.92. The molecule has 0 fully saturated rings. The molecule has 0 aliphatic carbocycles. The van der Waals surface area contributed by atoms with Crippen molar-refractivity contribution in [1.82, 2.24) is 15.2 Å². The Kier molecular flexibility index (Phi) is 4.99. The number of hydrogen-bond acceptors (Lipinski definition) is 6. The van der Waals surface area contributed by atoms with Gasteiger partial charge in [-0.05, 0) is 26.0 Å². The molecular weight excluding hydrogens is 310 g/mol. The number of nitrogens with zero attached hydrogens (tertiary/aromatic N) is 1. The van der Waals surface area contributed by atoms with Gasteiger partial charge < -0.3 is 14.3 Å². The second-order valence-electron chi connectivity index (χ2n) is 4.66. The lowest BCUT2D eigenvalue weighted by Crippen LogP contribution is -2.30. The molecule has 0 unspecified atom stereocenters. The van der Waals surface area contributed by atoms with Crippen molar-refractivity contribution in [3.05, 3.63) is 35.6 Å². The van der Waals surface area contributed by atoms with Gasteiger partial charge >= 0.3 is 0 Å². The average molecular weight is 327 g/mol. The quantitative estimate of drug-likeness (QED) is 0.780. The van der Waals surface area contributed by atoms with E-state index in [1.165, 1.54) is 13.2 Å². The normalized spacial score (nSPS) is 11.5. The molecule has 1 amide bonds. The second kappa shape index (κ2) is 6.75. The number of rotatable bonds is 7. The SMILES string of the molecule is Cc1noc(C)c1S(=O)(=O)NCCC(=O)NCc1ccco1. The molecule has 9 heteroatoms. The maximum Gasteiger partial charge on any atom is 0.245 e. The van der Waals surface area contributed by atoms with Crippen molar-refractivity contribution in [2.75, 3.05) is 6.54 Å². The van der Waals surface area contributed by atoms with Gasteiger partial charge in [0.2, 0.25) is 15.9 Å². The van der Waals surface area contributed by atoms with E-state index in [0.717, 1.165) is 0 Å². The Balaban J connectivity index is 1.81. The minimum absolute atomic E-state index is 0.0171. The summed E-state index contributed by atoms with van der Waals surface area (Å²) in [5, 5.41) is 6.23. The summed E-state index contributed by atoms with van der Waals surface area (Å²) in [6.45, 7) is 3.31. The number of nitrogens with one attached hydrogen (secondary N) is 2. The van der Waals surface area contributed by atoms with Gasteiger partial charge in [-0.3, -0.25) is 4.79 Å². The van der Waals surface area contributed by atoms with E-state index in [9.17, 15) is 13.2 Å². The zero-order chi connectivity index (χ0) is 16.2. The van der Waals surface area contributed by atoms with Crippen LogP contribution >= 0.6 is 0 Å². The molecule has 8 nitrogen and oxygen atoms in total. The molecule has 0 aliphatic rings. The van der Waals surface area contributed by atoms with Gasteiger partial charge in [-0.1, -0.05) is 5.16 Å². The van der Waals surface area contributed by atoms with Crippen molar-refractivity contribution in [1.29, 1.82) is 0 Å². The zero-order valence-corrected chi connectivity index (χ0v) is 13.1. The molecule has 0 radical (unpaired) electrons. The Morgan fingerprint density at radius 1 is 1.36 bits per heavy atom. The Hall–Kier alpha value is -2.13. The molecule has 2 aromatic heterocycles. The van der Waals surface area contributed by atoms with Crippen LogP contribution in [0.3, 0.4) is 0 Å². The Morgan fingerprint density at radius 3 is 2.73 bits per heavy atom. The first-order valence-corrected chi connectivity index (χ1v) is 8.10. The van der Waals surface area contributed by atoms with Crippen LogP contribution in [0.1, 0.15) is 23.6 Å². The molecule has 2 heterocycles. The largest absolute Gasteiger partial charge is 0.467 e. The van der Waals surface area contributed by atoms with E-state index in [4.69, 9.17) is 8.94 Å². The minimum Gasteiger partial charge on any atom is -0.467 e. The van der Waals surface area contributed by atoms with Gasteiger partial charge in [0.05, 0.1) is 12.8 Å². The summed E-state index contributed by atoms with van der Waals surface area (Å²) in [7, 11) is -3.74. The lowest BCUT2D eigenvalue weighted by atomic mass is 10.4. The maximum atomic E-state index is 12.1. The van der Waals surface area contributed by atoms with E-state index in [-0.39, 0.29) is 41.8 Å². The van der Waals surface area contributed by atoms with E-state index >= 15 is 0 Å². The number of carbonyl (C=O) groups excluding carboxylic acids is 1. The standard InChI is InChI=1S/C13H17N3O5S/c1-9-13(10(2)21-16-9)22(18,19)15-6-5-12(17)14-8-11-4-3-7-20-11/h3-4,7,15H,5-6,8H2,1-2H3,(H,14,17). The van der Waals surface area contributed by atoms with Crippen molar-refractivity contribution in [2.45, 2.75) is 31.7 Å². The van der Waals surface area contributed by atoms with Gasteiger partial charge in [0.15, 0.2) is 5.76 Å². The predicted molar refractivity (Wildman–Crippen MR) is 76.3 cm³/mol. The van der Waals surface area contributed by atoms with Gasteiger partial charge in [0.1, 0.15) is 16.3 Å². The molecule has 0 saturated carbocycles. The molecule has 22 heavy (non-hydrogen) atoms. The molecule has 0 aromatic carbocycles. The fourth-order valence-corrected chi connectivity index (χ4v) is 3.27. The van der Waals surface area contributed by atoms with Gasteiger partial charge in [-0.2, -0.15) is 0 Å². The van der Waals surface area contributed by atoms with E-state index < -0.39 is 10.0 Å². The topological polar surface area (TPSA) is 114 Å². The highest BCUT2D eigenvalue weighted by molar-refractivity contribution is 7.89. The number of sulfonamides is 1. The number of carbonyl (C=O) groups is 1. The van der Waals surface area contributed by atoms with Crippen LogP contribution in [0.15, 0.2) is 32.2 Å². The van der Waals surface area contributed by atoms with E-state index in [1.807, 2.05) is 0 Å². The summed E-state index contributed by atoms with van der Waals surface area (Å²) in [5.41, 5.74) is 0.285. The molecule has 0 bridgehead atoms. The van der Waals surface area contributed by atoms with E-state index in [1.54, 1.807) is 19.1 Å². The van der Waals surface area contributed by atoms with Crippen molar-refractivity contribution < 1.29 is 22.2 Å². The summed E-state index contributed by atoms with van der Waals surface area (Å²) < 4.78 is 36.5. The van der Waals surface area contributed by atoms with Crippen LogP contribution in [0, 0.1) is 13.8 Å². The van der Waals surface area contributed by atoms with E-state index in [0.29, 0.717) is 5.76 Å². The lowest BCUT2D eigenvalue weighted by Gasteiger charge is -2.06. The molecule has 0 saturated heterocycles. The summed E-state index contributed by atoms with van der Waals surface area (Å²) in [6, 6.07) is 3.46. The third kappa shape index (κ3) is 3.95. The number of amides is 1. The molecule has 0 atom stereocenters. The smallest absolute Gasteiger partial charge is 0.245 e. The molecular formula is C13H17N3O5S. The van der Waals surface area contributed by atoms with Crippen LogP contribution in [0.4, 0.5) is 0 Å². The van der Waals surface area contributed by atoms with Crippen LogP contribution in [-0.4, -0.2) is 26.0 Å². The first kappa shape index (κ1) is 16.2. The summed E-state index contributed by atoms with van der Waals surface area (Å²) in [5.74, 6) is 0.565. The predicted octanol–water partition coefficient (Wildman–Crippen LogP) is 0.869. The third-order valence-electron chi connectivity index (χ3n) is 2.92. The van der Waals surface area contributed by atoms with Crippen LogP contribution in [0.5, 0.6) is 0 Å². The van der Waals surface area contributed by atoms with Crippen molar-refractivity contribution >= 4 is 15.9 Å². The Labute approximate surface area is 127 Å². The van der Waals surface area contributed by atoms with Gasteiger partial charge in [0, 0.05) is 13.0 Å². The van der Waals surface area contributed by atoms with Crippen molar-refractivity contribution in [3.8, 4) is 0 Å². The van der Waals surface area contributed by atoms with Gasteiger partial charge in [-0.15, -0.1) is 0 Å². The monoisotopic (exact) mass is 327 g/mol. The molecule has 2 rings (SSSR count). The van der Waals surface area contributed by atoms with Crippen LogP contribution in [0.25, 0.3) is 0 Å². The molecule has 2 N–H and O–H groups in total. The number of furan rings is 1. The Bertz CT molecular complexity index is 714. The van der Waals surface area contributed by atoms with Crippen molar-refractivity contribution in [2.24, 2.45) is 0 Å². The highest BCUT2D eigenvalue weighted by atomic mass is 32.2. The Morgan fingerprint density at radius 2 is 2.14 bits per heavy atom. The first-order chi connectivity index (χ1) is 10.4. The lowest BCUT2D eigenvalue weighted by molar-refractivity contribution is -0.121. The highest BCUT2D eigenvalue weighted by Crippen LogP contribution is 2.18. The average Bonchev–Trinajstić information content (AvgIpc) is 3.06. The third-order valence-corrected chi connectivity index (χ3v) is 4.63. The number of aryl methyl sites for hydroxylation is 2. The maximum absolute atomic E-state index is 12.1. The summed E-state index contributed by atoms with van der Waals surface area (Å²) >= 11 is 0. The van der Waals surface area contributed by atoms with Crippen LogP contribution in [0.2, 0.25) is 0 Å². The zero-order valence-electron chi connectivity index (χ0n) is 12.3. The van der Waals surface area contributed by atoms with Crippen LogP contribution < -0.4 is 10.0 Å². The van der Waals surface area contributed by atoms with E-state index in [2.05, 4.69) is 15.2 Å². The number of aromatic nitrogens is 1. The molecule has 0 aliphatic heterocycles. The summed E-state index contributed by atoms with van der Waals surface area (Å²) in [4.78, 5) is 11.6. The fraction of sp³-hybridized carbons (Fsp3) is 0.385. The minimum atomic E-state index is -3.74. The first-order valence-electron chi connectivity index (χ1n) is 6.62. The molecule has 120 valence electrons.